The van der Waals surface area contributed by atoms with Crippen molar-refractivity contribution in [3.63, 3.8) is 0 Å². The van der Waals surface area contributed by atoms with E-state index in [2.05, 4.69) is 30.7 Å². The number of halogens is 1. The number of benzene rings is 2. The van der Waals surface area contributed by atoms with Crippen molar-refractivity contribution >= 4 is 32.6 Å². The SMILES string of the molecule is CCCCOc1ccc(C(=O)N(CCN(CC)CC)c2nc3c(F)cccc3s2)cc1. The molecule has 0 radical (unpaired) electrons. The molecule has 2 aromatic carbocycles. The van der Waals surface area contributed by atoms with Crippen LogP contribution in [0.3, 0.4) is 0 Å². The molecule has 0 fully saturated rings. The van der Waals surface area contributed by atoms with E-state index in [9.17, 15) is 9.18 Å². The van der Waals surface area contributed by atoms with Crippen molar-refractivity contribution in [2.75, 3.05) is 37.7 Å². The molecular weight excluding hydrogens is 413 g/mol. The number of para-hydroxylation sites is 1. The predicted molar refractivity (Wildman–Crippen MR) is 126 cm³/mol. The molecule has 5 nitrogen and oxygen atoms in total. The summed E-state index contributed by atoms with van der Waals surface area (Å²) in [5, 5.41) is 0.514. The van der Waals surface area contributed by atoms with E-state index < -0.39 is 0 Å². The Morgan fingerprint density at radius 3 is 2.45 bits per heavy atom. The molecule has 0 aliphatic heterocycles. The number of likely N-dealkylation sites (N-methyl/N-ethyl adjacent to an activating group) is 1. The van der Waals surface area contributed by atoms with Crippen molar-refractivity contribution < 1.29 is 13.9 Å². The number of fused-ring (bicyclic) bond motifs is 1. The number of unbranched alkanes of at least 4 members (excludes halogenated alkanes) is 1. The van der Waals surface area contributed by atoms with Crippen LogP contribution in [0.1, 0.15) is 44.0 Å². The number of ether oxygens (including phenoxy) is 1. The maximum atomic E-state index is 14.2. The summed E-state index contributed by atoms with van der Waals surface area (Å²) in [5.74, 6) is 0.234. The van der Waals surface area contributed by atoms with Crippen molar-refractivity contribution in [3.8, 4) is 5.75 Å². The van der Waals surface area contributed by atoms with Gasteiger partial charge >= 0.3 is 0 Å². The second-order valence-corrected chi connectivity index (χ2v) is 8.30. The fourth-order valence-corrected chi connectivity index (χ4v) is 4.27. The zero-order chi connectivity index (χ0) is 22.2. The Bertz CT molecular complexity index is 986. The highest BCUT2D eigenvalue weighted by Gasteiger charge is 2.22. The van der Waals surface area contributed by atoms with Gasteiger partial charge in [0.15, 0.2) is 5.13 Å². The van der Waals surface area contributed by atoms with E-state index in [0.29, 0.717) is 29.4 Å². The number of rotatable bonds is 11. The number of aromatic nitrogens is 1. The van der Waals surface area contributed by atoms with Gasteiger partial charge in [-0.25, -0.2) is 9.37 Å². The summed E-state index contributed by atoms with van der Waals surface area (Å²) in [4.78, 5) is 21.8. The van der Waals surface area contributed by atoms with E-state index in [0.717, 1.165) is 42.9 Å². The van der Waals surface area contributed by atoms with Gasteiger partial charge in [0, 0.05) is 18.7 Å². The number of carbonyl (C=O) groups excluding carboxylic acids is 1. The average molecular weight is 444 g/mol. The first-order valence-corrected chi connectivity index (χ1v) is 11.7. The monoisotopic (exact) mass is 443 g/mol. The Morgan fingerprint density at radius 2 is 1.81 bits per heavy atom. The molecule has 0 atom stereocenters. The van der Waals surface area contributed by atoms with E-state index in [1.54, 1.807) is 23.1 Å². The van der Waals surface area contributed by atoms with E-state index in [4.69, 9.17) is 4.74 Å². The number of hydrogen-bond donors (Lipinski definition) is 0. The zero-order valence-electron chi connectivity index (χ0n) is 18.4. The average Bonchev–Trinajstić information content (AvgIpc) is 3.22. The van der Waals surface area contributed by atoms with Gasteiger partial charge in [0.25, 0.3) is 5.91 Å². The highest BCUT2D eigenvalue weighted by atomic mass is 32.1. The smallest absolute Gasteiger partial charge is 0.260 e. The Hall–Kier alpha value is -2.51. The molecule has 0 N–H and O–H groups in total. The van der Waals surface area contributed by atoms with Crippen molar-refractivity contribution in [2.45, 2.75) is 33.6 Å². The van der Waals surface area contributed by atoms with Crippen LogP contribution >= 0.6 is 11.3 Å². The van der Waals surface area contributed by atoms with E-state index in [-0.39, 0.29) is 11.7 Å². The Morgan fingerprint density at radius 1 is 1.06 bits per heavy atom. The maximum Gasteiger partial charge on any atom is 0.260 e. The minimum absolute atomic E-state index is 0.147. The van der Waals surface area contributed by atoms with Crippen LogP contribution in [0.4, 0.5) is 9.52 Å². The highest BCUT2D eigenvalue weighted by Crippen LogP contribution is 2.31. The van der Waals surface area contributed by atoms with Gasteiger partial charge in [-0.2, -0.15) is 0 Å². The van der Waals surface area contributed by atoms with E-state index in [1.165, 1.54) is 17.4 Å². The van der Waals surface area contributed by atoms with Crippen LogP contribution in [-0.2, 0) is 0 Å². The normalized spacial score (nSPS) is 11.3. The van der Waals surface area contributed by atoms with Crippen LogP contribution in [0.15, 0.2) is 42.5 Å². The summed E-state index contributed by atoms with van der Waals surface area (Å²) in [6, 6.07) is 12.1. The topological polar surface area (TPSA) is 45.7 Å². The summed E-state index contributed by atoms with van der Waals surface area (Å²) in [7, 11) is 0. The van der Waals surface area contributed by atoms with Gasteiger partial charge in [0.1, 0.15) is 17.1 Å². The fraction of sp³-hybridized carbons (Fsp3) is 0.417. The third-order valence-corrected chi connectivity index (χ3v) is 6.28. The molecule has 0 unspecified atom stereocenters. The van der Waals surface area contributed by atoms with E-state index in [1.807, 2.05) is 18.2 Å². The Balaban J connectivity index is 1.85. The molecule has 3 rings (SSSR count). The number of amides is 1. The Kier molecular flexibility index (Phi) is 8.37. The van der Waals surface area contributed by atoms with Gasteiger partial charge in [-0.1, -0.05) is 44.6 Å². The number of thiazole rings is 1. The molecule has 1 amide bonds. The molecule has 3 aromatic rings. The quantitative estimate of drug-likeness (QED) is 0.362. The number of carbonyl (C=O) groups is 1. The summed E-state index contributed by atoms with van der Waals surface area (Å²) in [6.07, 6.45) is 2.06. The van der Waals surface area contributed by atoms with Gasteiger partial charge in [0.2, 0.25) is 0 Å². The largest absolute Gasteiger partial charge is 0.494 e. The van der Waals surface area contributed by atoms with Gasteiger partial charge in [0.05, 0.1) is 11.3 Å². The lowest BCUT2D eigenvalue weighted by molar-refractivity contribution is 0.0983. The first-order valence-electron chi connectivity index (χ1n) is 10.9. The highest BCUT2D eigenvalue weighted by molar-refractivity contribution is 7.22. The summed E-state index contributed by atoms with van der Waals surface area (Å²) in [5.41, 5.74) is 0.866. The molecule has 31 heavy (non-hydrogen) atoms. The number of nitrogens with zero attached hydrogens (tertiary/aromatic N) is 3. The molecule has 0 saturated heterocycles. The summed E-state index contributed by atoms with van der Waals surface area (Å²) < 4.78 is 20.6. The third-order valence-electron chi connectivity index (χ3n) is 5.24. The van der Waals surface area contributed by atoms with Crippen molar-refractivity contribution in [1.82, 2.24) is 9.88 Å². The first kappa shape index (κ1) is 23.2. The molecular formula is C24H30FN3O2S. The fourth-order valence-electron chi connectivity index (χ4n) is 3.27. The van der Waals surface area contributed by atoms with Crippen LogP contribution in [-0.4, -0.2) is 48.6 Å². The summed E-state index contributed by atoms with van der Waals surface area (Å²) >= 11 is 1.34. The molecule has 0 aliphatic rings. The van der Waals surface area contributed by atoms with Crippen LogP contribution in [0.25, 0.3) is 10.2 Å². The zero-order valence-corrected chi connectivity index (χ0v) is 19.3. The minimum Gasteiger partial charge on any atom is -0.494 e. The molecule has 0 spiro atoms. The van der Waals surface area contributed by atoms with Gasteiger partial charge in [-0.05, 0) is 55.9 Å². The maximum absolute atomic E-state index is 14.2. The van der Waals surface area contributed by atoms with Crippen LogP contribution < -0.4 is 9.64 Å². The van der Waals surface area contributed by atoms with Gasteiger partial charge in [-0.3, -0.25) is 9.69 Å². The molecule has 0 saturated carbocycles. The molecule has 166 valence electrons. The lowest BCUT2D eigenvalue weighted by Gasteiger charge is -2.24. The molecule has 1 aromatic heterocycles. The summed E-state index contributed by atoms with van der Waals surface area (Å²) in [6.45, 7) is 9.97. The van der Waals surface area contributed by atoms with Gasteiger partial charge < -0.3 is 9.64 Å². The standard InChI is InChI=1S/C24H30FN3O2S/c1-4-7-17-30-19-13-11-18(12-14-19)23(29)28(16-15-27(5-2)6-3)24-26-22-20(25)9-8-10-21(22)31-24/h8-14H,4-7,15-17H2,1-3H3. The third kappa shape index (κ3) is 5.80. The predicted octanol–water partition coefficient (Wildman–Crippen LogP) is 5.60. The number of hydrogen-bond acceptors (Lipinski definition) is 5. The lowest BCUT2D eigenvalue weighted by Crippen LogP contribution is -2.38. The molecule has 1 heterocycles. The lowest BCUT2D eigenvalue weighted by atomic mass is 10.2. The molecule has 7 heteroatoms. The van der Waals surface area contributed by atoms with Crippen molar-refractivity contribution in [2.24, 2.45) is 0 Å². The Labute approximate surface area is 187 Å². The molecule has 0 aliphatic carbocycles. The minimum atomic E-state index is -0.371. The number of anilines is 1. The van der Waals surface area contributed by atoms with Crippen molar-refractivity contribution in [1.29, 1.82) is 0 Å². The first-order chi connectivity index (χ1) is 15.1. The second kappa shape index (κ2) is 11.2. The van der Waals surface area contributed by atoms with E-state index >= 15 is 0 Å². The van der Waals surface area contributed by atoms with Crippen LogP contribution in [0.2, 0.25) is 0 Å². The van der Waals surface area contributed by atoms with Crippen molar-refractivity contribution in [3.05, 3.63) is 53.8 Å². The van der Waals surface area contributed by atoms with Crippen LogP contribution in [0.5, 0.6) is 5.75 Å². The molecule has 0 bridgehead atoms. The van der Waals surface area contributed by atoms with Gasteiger partial charge in [-0.15, -0.1) is 0 Å². The second-order valence-electron chi connectivity index (χ2n) is 7.29. The van der Waals surface area contributed by atoms with Crippen LogP contribution in [0, 0.1) is 5.82 Å².